The second-order valence-corrected chi connectivity index (χ2v) is 9.95. The predicted molar refractivity (Wildman–Crippen MR) is 149 cm³/mol. The molecule has 0 spiro atoms. The number of hydrogen-bond acceptors (Lipinski definition) is 6. The Labute approximate surface area is 229 Å². The van der Waals surface area contributed by atoms with Crippen LogP contribution in [-0.2, 0) is 13.0 Å². The lowest BCUT2D eigenvalue weighted by molar-refractivity contribution is 0.0696. The predicted octanol–water partition coefficient (Wildman–Crippen LogP) is 6.04. The number of nitrogens with zero attached hydrogens (tertiary/aromatic N) is 3. The monoisotopic (exact) mass is 627 g/mol. The quantitative estimate of drug-likeness (QED) is 0.227. The molecule has 37 heavy (non-hydrogen) atoms. The van der Waals surface area contributed by atoms with Crippen LogP contribution in [-0.4, -0.2) is 34.1 Å². The SMILES string of the molecule is CCCc1nc2ccc(Br)cc2c(=O)n1N=Cc1cc(Br)cc(OC)c1OCc1cccc(C(=O)O)c1. The van der Waals surface area contributed by atoms with Gasteiger partial charge in [-0.15, -0.1) is 0 Å². The van der Waals surface area contributed by atoms with Crippen molar-refractivity contribution in [3.63, 3.8) is 0 Å². The number of ether oxygens (including phenoxy) is 2. The lowest BCUT2D eigenvalue weighted by Gasteiger charge is -2.15. The van der Waals surface area contributed by atoms with Crippen molar-refractivity contribution in [2.24, 2.45) is 5.10 Å². The topological polar surface area (TPSA) is 103 Å². The summed E-state index contributed by atoms with van der Waals surface area (Å²) in [5, 5.41) is 14.2. The molecule has 0 aliphatic heterocycles. The normalized spacial score (nSPS) is 11.2. The van der Waals surface area contributed by atoms with Gasteiger partial charge in [0, 0.05) is 20.9 Å². The molecule has 0 bridgehead atoms. The fraction of sp³-hybridized carbons (Fsp3) is 0.185. The molecular formula is C27H23Br2N3O5. The average molecular weight is 629 g/mol. The van der Waals surface area contributed by atoms with E-state index in [-0.39, 0.29) is 17.7 Å². The maximum Gasteiger partial charge on any atom is 0.335 e. The highest BCUT2D eigenvalue weighted by atomic mass is 79.9. The number of aryl methyl sites for hydroxylation is 1. The highest BCUT2D eigenvalue weighted by Crippen LogP contribution is 2.34. The Bertz CT molecular complexity index is 1570. The van der Waals surface area contributed by atoms with Crippen LogP contribution in [0.2, 0.25) is 0 Å². The summed E-state index contributed by atoms with van der Waals surface area (Å²) in [5.41, 5.74) is 1.74. The summed E-state index contributed by atoms with van der Waals surface area (Å²) in [5.74, 6) is 0.386. The lowest BCUT2D eigenvalue weighted by atomic mass is 10.1. The first-order valence-electron chi connectivity index (χ1n) is 11.4. The molecule has 1 aromatic heterocycles. The van der Waals surface area contributed by atoms with Gasteiger partial charge in [-0.1, -0.05) is 50.9 Å². The summed E-state index contributed by atoms with van der Waals surface area (Å²) >= 11 is 6.90. The van der Waals surface area contributed by atoms with Crippen LogP contribution in [0, 0.1) is 0 Å². The van der Waals surface area contributed by atoms with E-state index in [4.69, 9.17) is 9.47 Å². The molecule has 4 aromatic rings. The minimum atomic E-state index is -1.01. The number of rotatable bonds is 9. The van der Waals surface area contributed by atoms with Crippen molar-refractivity contribution in [1.29, 1.82) is 0 Å². The molecule has 0 saturated carbocycles. The lowest BCUT2D eigenvalue weighted by Crippen LogP contribution is -2.22. The van der Waals surface area contributed by atoms with E-state index in [9.17, 15) is 14.7 Å². The highest BCUT2D eigenvalue weighted by molar-refractivity contribution is 9.10. The third-order valence-corrected chi connectivity index (χ3v) is 6.44. The zero-order chi connectivity index (χ0) is 26.5. The third kappa shape index (κ3) is 6.08. The van der Waals surface area contributed by atoms with E-state index in [1.807, 2.05) is 13.0 Å². The van der Waals surface area contributed by atoms with Crippen LogP contribution < -0.4 is 15.0 Å². The minimum Gasteiger partial charge on any atom is -0.493 e. The van der Waals surface area contributed by atoms with Crippen molar-refractivity contribution in [2.75, 3.05) is 7.11 Å². The van der Waals surface area contributed by atoms with E-state index in [1.165, 1.54) is 24.1 Å². The van der Waals surface area contributed by atoms with E-state index in [1.54, 1.807) is 42.5 Å². The molecule has 10 heteroatoms. The fourth-order valence-corrected chi connectivity index (χ4v) is 4.58. The van der Waals surface area contributed by atoms with Crippen LogP contribution in [0.1, 0.15) is 40.7 Å². The summed E-state index contributed by atoms with van der Waals surface area (Å²) in [6.07, 6.45) is 2.89. The van der Waals surface area contributed by atoms with Crippen LogP contribution in [0.5, 0.6) is 11.5 Å². The van der Waals surface area contributed by atoms with Gasteiger partial charge in [0.05, 0.1) is 29.8 Å². The number of carboxylic acids is 1. The molecule has 190 valence electrons. The van der Waals surface area contributed by atoms with Gasteiger partial charge in [-0.3, -0.25) is 4.79 Å². The number of aromatic nitrogens is 2. The number of benzene rings is 3. The Morgan fingerprint density at radius 2 is 1.95 bits per heavy atom. The van der Waals surface area contributed by atoms with Gasteiger partial charge < -0.3 is 14.6 Å². The maximum absolute atomic E-state index is 13.3. The number of fused-ring (bicyclic) bond motifs is 1. The van der Waals surface area contributed by atoms with E-state index < -0.39 is 5.97 Å². The summed E-state index contributed by atoms with van der Waals surface area (Å²) in [7, 11) is 1.52. The molecule has 0 saturated heterocycles. The number of carboxylic acid groups (broad SMARTS) is 1. The number of aromatic carboxylic acids is 1. The van der Waals surface area contributed by atoms with Crippen molar-refractivity contribution in [2.45, 2.75) is 26.4 Å². The largest absolute Gasteiger partial charge is 0.493 e. The Morgan fingerprint density at radius 3 is 2.68 bits per heavy atom. The Morgan fingerprint density at radius 1 is 1.14 bits per heavy atom. The van der Waals surface area contributed by atoms with E-state index in [2.05, 4.69) is 41.9 Å². The summed E-state index contributed by atoms with van der Waals surface area (Å²) in [4.78, 5) is 29.3. The van der Waals surface area contributed by atoms with E-state index in [0.29, 0.717) is 45.8 Å². The highest BCUT2D eigenvalue weighted by Gasteiger charge is 2.15. The summed E-state index contributed by atoms with van der Waals surface area (Å²) < 4.78 is 14.4. The minimum absolute atomic E-state index is 0.104. The zero-order valence-electron chi connectivity index (χ0n) is 20.1. The summed E-state index contributed by atoms with van der Waals surface area (Å²) in [6.45, 7) is 2.11. The van der Waals surface area contributed by atoms with Crippen LogP contribution in [0.25, 0.3) is 10.9 Å². The molecule has 0 atom stereocenters. The molecule has 1 heterocycles. The molecular weight excluding hydrogens is 606 g/mol. The second kappa shape index (κ2) is 11.7. The first-order valence-corrected chi connectivity index (χ1v) is 13.0. The van der Waals surface area contributed by atoms with E-state index >= 15 is 0 Å². The molecule has 3 aromatic carbocycles. The van der Waals surface area contributed by atoms with Gasteiger partial charge in [0.2, 0.25) is 0 Å². The molecule has 0 fully saturated rings. The van der Waals surface area contributed by atoms with Crippen LogP contribution >= 0.6 is 31.9 Å². The van der Waals surface area contributed by atoms with Gasteiger partial charge in [0.25, 0.3) is 5.56 Å². The first-order chi connectivity index (χ1) is 17.8. The average Bonchev–Trinajstić information content (AvgIpc) is 2.88. The fourth-order valence-electron chi connectivity index (χ4n) is 3.76. The van der Waals surface area contributed by atoms with Gasteiger partial charge in [-0.05, 0) is 54.4 Å². The van der Waals surface area contributed by atoms with Crippen molar-refractivity contribution < 1.29 is 19.4 Å². The number of halogens is 2. The standard InChI is InChI=1S/C27H23Br2N3O5/c1-3-5-24-31-22-9-8-19(28)12-21(22)26(33)32(24)30-14-18-11-20(29)13-23(36-2)25(18)37-15-16-6-4-7-17(10-16)27(34)35/h4,6-14H,3,5,15H2,1-2H3,(H,34,35). The Kier molecular flexibility index (Phi) is 8.40. The Hall–Kier alpha value is -3.50. The molecule has 4 rings (SSSR count). The van der Waals surface area contributed by atoms with E-state index in [0.717, 1.165) is 15.4 Å². The maximum atomic E-state index is 13.3. The third-order valence-electron chi connectivity index (χ3n) is 5.49. The molecule has 0 amide bonds. The second-order valence-electron chi connectivity index (χ2n) is 8.12. The molecule has 1 N–H and O–H groups in total. The van der Waals surface area contributed by atoms with Crippen LogP contribution in [0.15, 0.2) is 73.4 Å². The van der Waals surface area contributed by atoms with Gasteiger partial charge in [-0.25, -0.2) is 9.78 Å². The van der Waals surface area contributed by atoms with Gasteiger partial charge >= 0.3 is 5.97 Å². The van der Waals surface area contributed by atoms with Crippen molar-refractivity contribution in [1.82, 2.24) is 9.66 Å². The number of hydrogen-bond donors (Lipinski definition) is 1. The Balaban J connectivity index is 1.76. The number of carbonyl (C=O) groups is 1. The number of methoxy groups -OCH3 is 1. The van der Waals surface area contributed by atoms with Crippen LogP contribution in [0.4, 0.5) is 0 Å². The first kappa shape index (κ1) is 26.6. The summed E-state index contributed by atoms with van der Waals surface area (Å²) in [6, 6.07) is 15.4. The molecule has 0 unspecified atom stereocenters. The smallest absolute Gasteiger partial charge is 0.335 e. The zero-order valence-corrected chi connectivity index (χ0v) is 23.2. The van der Waals surface area contributed by atoms with Gasteiger partial charge in [0.15, 0.2) is 11.5 Å². The molecule has 0 radical (unpaired) electrons. The molecule has 0 aliphatic carbocycles. The van der Waals surface area contributed by atoms with Crippen LogP contribution in [0.3, 0.4) is 0 Å². The molecule has 0 aliphatic rings. The molecule has 8 nitrogen and oxygen atoms in total. The van der Waals surface area contributed by atoms with Gasteiger partial charge in [0.1, 0.15) is 12.4 Å². The van der Waals surface area contributed by atoms with Crippen molar-refractivity contribution >= 4 is 54.9 Å². The van der Waals surface area contributed by atoms with Gasteiger partial charge in [-0.2, -0.15) is 9.78 Å². The van der Waals surface area contributed by atoms with Crippen molar-refractivity contribution in [3.8, 4) is 11.5 Å². The van der Waals surface area contributed by atoms with Crippen molar-refractivity contribution in [3.05, 3.63) is 96.4 Å².